The van der Waals surface area contributed by atoms with E-state index in [1.165, 1.54) is 18.2 Å². The van der Waals surface area contributed by atoms with Gasteiger partial charge in [0.1, 0.15) is 11.5 Å². The number of nitrogen functional groups attached to an aromatic ring is 1. The summed E-state index contributed by atoms with van der Waals surface area (Å²) < 4.78 is 18.3. The van der Waals surface area contributed by atoms with E-state index in [2.05, 4.69) is 5.32 Å². The molecule has 1 aromatic rings. The molecule has 0 bridgehead atoms. The highest BCUT2D eigenvalue weighted by Crippen LogP contribution is 2.21. The van der Waals surface area contributed by atoms with Gasteiger partial charge in [-0.3, -0.25) is 4.79 Å². The standard InChI is InChI=1S/C11H15FN2O2/c1-2-16-7-6-10(15)14-11-8(12)4-3-5-9(11)13/h3-5H,2,6-7,13H2,1H3,(H,14,15). The molecule has 0 radical (unpaired) electrons. The predicted molar refractivity (Wildman–Crippen MR) is 60.6 cm³/mol. The minimum atomic E-state index is -0.537. The molecule has 0 aliphatic heterocycles. The molecular weight excluding hydrogens is 211 g/mol. The number of hydrogen-bond donors (Lipinski definition) is 2. The molecule has 1 amide bonds. The van der Waals surface area contributed by atoms with Gasteiger partial charge in [0.25, 0.3) is 0 Å². The zero-order chi connectivity index (χ0) is 12.0. The van der Waals surface area contributed by atoms with E-state index in [1.54, 1.807) is 0 Å². The van der Waals surface area contributed by atoms with Gasteiger partial charge < -0.3 is 15.8 Å². The number of nitrogens with two attached hydrogens (primary N) is 1. The van der Waals surface area contributed by atoms with Crippen molar-refractivity contribution in [1.29, 1.82) is 0 Å². The second-order valence-corrected chi connectivity index (χ2v) is 3.20. The number of hydrogen-bond acceptors (Lipinski definition) is 3. The van der Waals surface area contributed by atoms with Gasteiger partial charge in [0.15, 0.2) is 0 Å². The normalized spacial score (nSPS) is 10.1. The minimum absolute atomic E-state index is 0.0315. The predicted octanol–water partition coefficient (Wildman–Crippen LogP) is 1.77. The van der Waals surface area contributed by atoms with Crippen molar-refractivity contribution in [2.24, 2.45) is 0 Å². The molecular formula is C11H15FN2O2. The van der Waals surface area contributed by atoms with Gasteiger partial charge in [-0.15, -0.1) is 0 Å². The first-order valence-corrected chi connectivity index (χ1v) is 5.06. The highest BCUT2D eigenvalue weighted by Gasteiger charge is 2.09. The lowest BCUT2D eigenvalue weighted by molar-refractivity contribution is -0.117. The summed E-state index contributed by atoms with van der Waals surface area (Å²) in [7, 11) is 0. The van der Waals surface area contributed by atoms with Crippen LogP contribution in [0, 0.1) is 5.82 Å². The first-order valence-electron chi connectivity index (χ1n) is 5.06. The molecule has 0 aliphatic carbocycles. The number of nitrogens with one attached hydrogen (secondary N) is 1. The molecule has 0 atom stereocenters. The molecule has 5 heteroatoms. The minimum Gasteiger partial charge on any atom is -0.397 e. The molecule has 0 fully saturated rings. The highest BCUT2D eigenvalue weighted by molar-refractivity contribution is 5.93. The van der Waals surface area contributed by atoms with Crippen LogP contribution in [0.1, 0.15) is 13.3 Å². The van der Waals surface area contributed by atoms with Crippen molar-refractivity contribution in [1.82, 2.24) is 0 Å². The number of carbonyl (C=O) groups is 1. The van der Waals surface area contributed by atoms with Crippen LogP contribution in [0.5, 0.6) is 0 Å². The van der Waals surface area contributed by atoms with E-state index < -0.39 is 5.82 Å². The fraction of sp³-hybridized carbons (Fsp3) is 0.364. The largest absolute Gasteiger partial charge is 0.397 e. The van der Waals surface area contributed by atoms with Crippen molar-refractivity contribution in [2.45, 2.75) is 13.3 Å². The summed E-state index contributed by atoms with van der Waals surface area (Å²) >= 11 is 0. The Morgan fingerprint density at radius 3 is 2.94 bits per heavy atom. The lowest BCUT2D eigenvalue weighted by Crippen LogP contribution is -2.16. The van der Waals surface area contributed by atoms with Crippen LogP contribution in [0.15, 0.2) is 18.2 Å². The summed E-state index contributed by atoms with van der Waals surface area (Å²) in [5.74, 6) is -0.852. The van der Waals surface area contributed by atoms with Gasteiger partial charge in [0, 0.05) is 6.61 Å². The number of rotatable bonds is 5. The zero-order valence-electron chi connectivity index (χ0n) is 9.13. The van der Waals surface area contributed by atoms with Crippen molar-refractivity contribution in [3.05, 3.63) is 24.0 Å². The summed E-state index contributed by atoms with van der Waals surface area (Å²) in [6, 6.07) is 4.26. The number of halogens is 1. The molecule has 16 heavy (non-hydrogen) atoms. The first-order chi connectivity index (χ1) is 7.65. The summed E-state index contributed by atoms with van der Waals surface area (Å²) in [6.07, 6.45) is 0.182. The maximum absolute atomic E-state index is 13.3. The average Bonchev–Trinajstić information content (AvgIpc) is 2.24. The Kier molecular flexibility index (Phi) is 4.72. The van der Waals surface area contributed by atoms with Crippen LogP contribution in [-0.4, -0.2) is 19.1 Å². The van der Waals surface area contributed by atoms with Gasteiger partial charge >= 0.3 is 0 Å². The Bertz CT molecular complexity index is 349. The number of amides is 1. The molecule has 3 N–H and O–H groups in total. The summed E-state index contributed by atoms with van der Waals surface area (Å²) in [5.41, 5.74) is 5.78. The topological polar surface area (TPSA) is 64.3 Å². The third-order valence-corrected chi connectivity index (χ3v) is 1.99. The van der Waals surface area contributed by atoms with E-state index in [0.29, 0.717) is 13.2 Å². The zero-order valence-corrected chi connectivity index (χ0v) is 9.13. The Hall–Kier alpha value is -1.62. The highest BCUT2D eigenvalue weighted by atomic mass is 19.1. The molecule has 0 unspecified atom stereocenters. The number of carbonyl (C=O) groups excluding carboxylic acids is 1. The van der Waals surface area contributed by atoms with E-state index in [0.717, 1.165) is 0 Å². The lowest BCUT2D eigenvalue weighted by atomic mass is 10.2. The van der Waals surface area contributed by atoms with E-state index in [9.17, 15) is 9.18 Å². The number of ether oxygens (including phenoxy) is 1. The molecule has 4 nitrogen and oxygen atoms in total. The fourth-order valence-corrected chi connectivity index (χ4v) is 1.18. The van der Waals surface area contributed by atoms with Gasteiger partial charge in [-0.1, -0.05) is 6.07 Å². The number of anilines is 2. The smallest absolute Gasteiger partial charge is 0.226 e. The van der Waals surface area contributed by atoms with Crippen LogP contribution in [0.2, 0.25) is 0 Å². The fourth-order valence-electron chi connectivity index (χ4n) is 1.18. The van der Waals surface area contributed by atoms with E-state index in [1.807, 2.05) is 6.92 Å². The Morgan fingerprint density at radius 2 is 2.31 bits per heavy atom. The Labute approximate surface area is 93.6 Å². The quantitative estimate of drug-likeness (QED) is 0.594. The Morgan fingerprint density at radius 1 is 1.56 bits per heavy atom. The van der Waals surface area contributed by atoms with Crippen molar-refractivity contribution < 1.29 is 13.9 Å². The van der Waals surface area contributed by atoms with E-state index in [-0.39, 0.29) is 23.7 Å². The van der Waals surface area contributed by atoms with Gasteiger partial charge in [-0.2, -0.15) is 0 Å². The second-order valence-electron chi connectivity index (χ2n) is 3.20. The van der Waals surface area contributed by atoms with Gasteiger partial charge in [-0.25, -0.2) is 4.39 Å². The molecule has 1 aromatic carbocycles. The summed E-state index contributed by atoms with van der Waals surface area (Å²) in [4.78, 5) is 11.4. The molecule has 88 valence electrons. The first kappa shape index (κ1) is 12.4. The lowest BCUT2D eigenvalue weighted by Gasteiger charge is -2.08. The third kappa shape index (κ3) is 3.51. The monoisotopic (exact) mass is 226 g/mol. The molecule has 0 aliphatic rings. The van der Waals surface area contributed by atoms with Crippen LogP contribution < -0.4 is 11.1 Å². The molecule has 1 rings (SSSR count). The van der Waals surface area contributed by atoms with Crippen LogP contribution in [-0.2, 0) is 9.53 Å². The van der Waals surface area contributed by atoms with E-state index in [4.69, 9.17) is 10.5 Å². The van der Waals surface area contributed by atoms with Crippen molar-refractivity contribution in [3.63, 3.8) is 0 Å². The van der Waals surface area contributed by atoms with Gasteiger partial charge in [0.05, 0.1) is 18.7 Å². The second kappa shape index (κ2) is 6.07. The maximum atomic E-state index is 13.3. The SMILES string of the molecule is CCOCCC(=O)Nc1c(N)cccc1F. The number of benzene rings is 1. The van der Waals surface area contributed by atoms with Gasteiger partial charge in [0.2, 0.25) is 5.91 Å². The third-order valence-electron chi connectivity index (χ3n) is 1.99. The molecule has 0 saturated heterocycles. The van der Waals surface area contributed by atoms with E-state index >= 15 is 0 Å². The summed E-state index contributed by atoms with van der Waals surface area (Å²) in [6.45, 7) is 2.71. The molecule has 0 spiro atoms. The van der Waals surface area contributed by atoms with Crippen molar-refractivity contribution in [3.8, 4) is 0 Å². The van der Waals surface area contributed by atoms with Crippen molar-refractivity contribution in [2.75, 3.05) is 24.3 Å². The van der Waals surface area contributed by atoms with Crippen LogP contribution in [0.4, 0.5) is 15.8 Å². The molecule has 0 heterocycles. The van der Waals surface area contributed by atoms with Gasteiger partial charge in [-0.05, 0) is 19.1 Å². The maximum Gasteiger partial charge on any atom is 0.226 e. The average molecular weight is 226 g/mol. The van der Waals surface area contributed by atoms with Crippen LogP contribution in [0.3, 0.4) is 0 Å². The molecule has 0 aromatic heterocycles. The van der Waals surface area contributed by atoms with Crippen LogP contribution in [0.25, 0.3) is 0 Å². The Balaban J connectivity index is 2.56. The molecule has 0 saturated carbocycles. The number of para-hydroxylation sites is 1. The summed E-state index contributed by atoms with van der Waals surface area (Å²) in [5, 5.41) is 2.42. The van der Waals surface area contributed by atoms with Crippen molar-refractivity contribution >= 4 is 17.3 Å². The van der Waals surface area contributed by atoms with Crippen LogP contribution >= 0.6 is 0 Å².